The summed E-state index contributed by atoms with van der Waals surface area (Å²) < 4.78 is 2.00. The zero-order chi connectivity index (χ0) is 15.3. The summed E-state index contributed by atoms with van der Waals surface area (Å²) in [5.74, 6) is 0. The second kappa shape index (κ2) is 7.41. The number of hydrogen-bond donors (Lipinski definition) is 1. The molecule has 1 aliphatic heterocycles. The van der Waals surface area contributed by atoms with E-state index in [0.29, 0.717) is 11.6 Å². The van der Waals surface area contributed by atoms with Crippen molar-refractivity contribution in [3.05, 3.63) is 18.0 Å². The van der Waals surface area contributed by atoms with E-state index in [2.05, 4.69) is 42.2 Å². The van der Waals surface area contributed by atoms with Gasteiger partial charge in [-0.2, -0.15) is 5.10 Å². The summed E-state index contributed by atoms with van der Waals surface area (Å²) in [5.41, 5.74) is 1.65. The molecule has 0 radical (unpaired) electrons. The van der Waals surface area contributed by atoms with Gasteiger partial charge in [-0.3, -0.25) is 9.58 Å². The number of aryl methyl sites for hydroxylation is 1. The van der Waals surface area contributed by atoms with Gasteiger partial charge in [0, 0.05) is 56.6 Å². The van der Waals surface area contributed by atoms with Crippen molar-refractivity contribution in [2.24, 2.45) is 7.05 Å². The van der Waals surface area contributed by atoms with Crippen molar-refractivity contribution in [2.75, 3.05) is 19.6 Å². The van der Waals surface area contributed by atoms with E-state index in [4.69, 9.17) is 0 Å². The van der Waals surface area contributed by atoms with Crippen LogP contribution in [0.1, 0.15) is 52.1 Å². The molecule has 120 valence electrons. The molecule has 0 amide bonds. The molecule has 1 aromatic rings. The van der Waals surface area contributed by atoms with Crippen LogP contribution < -0.4 is 5.32 Å². The van der Waals surface area contributed by atoms with E-state index in [-0.39, 0.29) is 0 Å². The molecule has 2 rings (SSSR count). The SMILES string of the molecule is CCCC1CNC(CC)(CC)CN1CCc1ccnn1C. The molecule has 2 heterocycles. The number of nitrogens with one attached hydrogen (secondary N) is 1. The number of piperazine rings is 1. The van der Waals surface area contributed by atoms with Crippen LogP contribution in [0.25, 0.3) is 0 Å². The fourth-order valence-corrected chi connectivity index (χ4v) is 3.54. The molecule has 4 nitrogen and oxygen atoms in total. The van der Waals surface area contributed by atoms with Crippen molar-refractivity contribution in [3.8, 4) is 0 Å². The first-order valence-electron chi connectivity index (χ1n) is 8.60. The first-order valence-corrected chi connectivity index (χ1v) is 8.60. The lowest BCUT2D eigenvalue weighted by Crippen LogP contribution is -2.64. The van der Waals surface area contributed by atoms with Gasteiger partial charge in [0.2, 0.25) is 0 Å². The Bertz CT molecular complexity index is 422. The Morgan fingerprint density at radius 1 is 1.33 bits per heavy atom. The summed E-state index contributed by atoms with van der Waals surface area (Å²) in [7, 11) is 2.04. The quantitative estimate of drug-likeness (QED) is 0.838. The average Bonchev–Trinajstić information content (AvgIpc) is 2.92. The van der Waals surface area contributed by atoms with Crippen molar-refractivity contribution in [3.63, 3.8) is 0 Å². The van der Waals surface area contributed by atoms with Crippen LogP contribution in [0, 0.1) is 0 Å². The topological polar surface area (TPSA) is 33.1 Å². The highest BCUT2D eigenvalue weighted by atomic mass is 15.3. The molecule has 0 saturated carbocycles. The second-order valence-electron chi connectivity index (χ2n) is 6.48. The van der Waals surface area contributed by atoms with Gasteiger partial charge in [-0.25, -0.2) is 0 Å². The molecule has 1 aliphatic rings. The Labute approximate surface area is 129 Å². The van der Waals surface area contributed by atoms with Crippen LogP contribution in [-0.2, 0) is 13.5 Å². The average molecular weight is 292 g/mol. The first kappa shape index (κ1) is 16.5. The van der Waals surface area contributed by atoms with E-state index >= 15 is 0 Å². The van der Waals surface area contributed by atoms with Crippen LogP contribution in [-0.4, -0.2) is 45.9 Å². The normalized spacial score (nSPS) is 22.6. The second-order valence-corrected chi connectivity index (χ2v) is 6.48. The Balaban J connectivity index is 2.01. The highest BCUT2D eigenvalue weighted by Crippen LogP contribution is 2.24. The maximum atomic E-state index is 4.28. The van der Waals surface area contributed by atoms with Gasteiger partial charge in [-0.1, -0.05) is 27.2 Å². The number of nitrogens with zero attached hydrogens (tertiary/aromatic N) is 3. The number of aromatic nitrogens is 2. The van der Waals surface area contributed by atoms with Gasteiger partial charge in [0.25, 0.3) is 0 Å². The van der Waals surface area contributed by atoms with E-state index in [1.807, 2.05) is 17.9 Å². The molecule has 4 heteroatoms. The fourth-order valence-electron chi connectivity index (χ4n) is 3.54. The molecule has 0 aromatic carbocycles. The monoisotopic (exact) mass is 292 g/mol. The molecule has 0 aliphatic carbocycles. The number of hydrogen-bond acceptors (Lipinski definition) is 3. The van der Waals surface area contributed by atoms with Gasteiger partial charge in [0.1, 0.15) is 0 Å². The largest absolute Gasteiger partial charge is 0.308 e. The lowest BCUT2D eigenvalue weighted by Gasteiger charge is -2.47. The smallest absolute Gasteiger partial charge is 0.0492 e. The Hall–Kier alpha value is -0.870. The number of rotatable bonds is 7. The maximum absolute atomic E-state index is 4.28. The molecule has 21 heavy (non-hydrogen) atoms. The van der Waals surface area contributed by atoms with Crippen molar-refractivity contribution < 1.29 is 0 Å². The van der Waals surface area contributed by atoms with Crippen LogP contribution in [0.5, 0.6) is 0 Å². The third kappa shape index (κ3) is 3.86. The van der Waals surface area contributed by atoms with Crippen LogP contribution in [0.3, 0.4) is 0 Å². The lowest BCUT2D eigenvalue weighted by atomic mass is 9.87. The molecule has 1 aromatic heterocycles. The van der Waals surface area contributed by atoms with E-state index in [1.54, 1.807) is 0 Å². The zero-order valence-electron chi connectivity index (χ0n) is 14.2. The minimum absolute atomic E-state index is 0.316. The predicted octanol–water partition coefficient (Wildman–Crippen LogP) is 2.60. The van der Waals surface area contributed by atoms with Crippen LogP contribution in [0.2, 0.25) is 0 Å². The molecule has 0 bridgehead atoms. The van der Waals surface area contributed by atoms with Crippen molar-refractivity contribution in [2.45, 2.75) is 64.5 Å². The molecule has 1 fully saturated rings. The van der Waals surface area contributed by atoms with E-state index in [1.165, 1.54) is 37.9 Å². The Morgan fingerprint density at radius 3 is 2.67 bits per heavy atom. The molecule has 1 atom stereocenters. The van der Waals surface area contributed by atoms with E-state index in [9.17, 15) is 0 Å². The Morgan fingerprint density at radius 2 is 2.10 bits per heavy atom. The van der Waals surface area contributed by atoms with Gasteiger partial charge in [0.15, 0.2) is 0 Å². The third-order valence-electron chi connectivity index (χ3n) is 5.29. The molecule has 1 saturated heterocycles. The molecule has 1 unspecified atom stereocenters. The summed E-state index contributed by atoms with van der Waals surface area (Å²) in [6, 6.07) is 2.83. The minimum atomic E-state index is 0.316. The van der Waals surface area contributed by atoms with Gasteiger partial charge in [-0.05, 0) is 25.3 Å². The highest BCUT2D eigenvalue weighted by Gasteiger charge is 2.35. The lowest BCUT2D eigenvalue weighted by molar-refractivity contribution is 0.0685. The van der Waals surface area contributed by atoms with Crippen molar-refractivity contribution in [1.82, 2.24) is 20.0 Å². The molecular formula is C17H32N4. The standard InChI is InChI=1S/C17H32N4/c1-5-8-16-13-18-17(6-2,7-3)14-21(16)12-10-15-9-11-19-20(15)4/h9,11,16,18H,5-8,10,12-14H2,1-4H3. The first-order chi connectivity index (χ1) is 10.1. The van der Waals surface area contributed by atoms with Gasteiger partial charge >= 0.3 is 0 Å². The van der Waals surface area contributed by atoms with Crippen LogP contribution >= 0.6 is 0 Å². The van der Waals surface area contributed by atoms with Gasteiger partial charge in [-0.15, -0.1) is 0 Å². The van der Waals surface area contributed by atoms with Crippen molar-refractivity contribution in [1.29, 1.82) is 0 Å². The van der Waals surface area contributed by atoms with Crippen LogP contribution in [0.4, 0.5) is 0 Å². The zero-order valence-corrected chi connectivity index (χ0v) is 14.2. The summed E-state index contributed by atoms with van der Waals surface area (Å²) >= 11 is 0. The van der Waals surface area contributed by atoms with Crippen molar-refractivity contribution >= 4 is 0 Å². The van der Waals surface area contributed by atoms with Gasteiger partial charge in [0.05, 0.1) is 0 Å². The molecular weight excluding hydrogens is 260 g/mol. The fraction of sp³-hybridized carbons (Fsp3) is 0.824. The van der Waals surface area contributed by atoms with Gasteiger partial charge < -0.3 is 5.32 Å². The Kier molecular flexibility index (Phi) is 5.82. The summed E-state index contributed by atoms with van der Waals surface area (Å²) in [6.07, 6.45) is 7.98. The molecule has 0 spiro atoms. The third-order valence-corrected chi connectivity index (χ3v) is 5.29. The van der Waals surface area contributed by atoms with E-state index in [0.717, 1.165) is 19.5 Å². The van der Waals surface area contributed by atoms with Crippen LogP contribution in [0.15, 0.2) is 12.3 Å². The highest BCUT2D eigenvalue weighted by molar-refractivity contribution is 5.02. The minimum Gasteiger partial charge on any atom is -0.308 e. The summed E-state index contributed by atoms with van der Waals surface area (Å²) in [6.45, 7) is 10.4. The summed E-state index contributed by atoms with van der Waals surface area (Å²) in [5, 5.41) is 8.12. The predicted molar refractivity (Wildman–Crippen MR) is 88.5 cm³/mol. The maximum Gasteiger partial charge on any atom is 0.0492 e. The molecule has 1 N–H and O–H groups in total. The summed E-state index contributed by atoms with van der Waals surface area (Å²) in [4.78, 5) is 2.72. The van der Waals surface area contributed by atoms with E-state index < -0.39 is 0 Å².